The normalized spacial score (nSPS) is 12.8. The zero-order valence-electron chi connectivity index (χ0n) is 13.7. The van der Waals surface area contributed by atoms with Crippen molar-refractivity contribution in [1.29, 1.82) is 0 Å². The number of carbonyl (C=O) groups is 1. The molecule has 1 heterocycles. The molecular weight excluding hydrogens is 284 g/mol. The molecule has 0 aromatic carbocycles. The zero-order valence-corrected chi connectivity index (χ0v) is 13.7. The van der Waals surface area contributed by atoms with Gasteiger partial charge in [0, 0.05) is 26.2 Å². The zero-order chi connectivity index (χ0) is 16.8. The fraction of sp³-hybridized carbons (Fsp3) is 0.600. The number of nitrogens with zero attached hydrogens (tertiary/aromatic N) is 2. The Morgan fingerprint density at radius 2 is 2.09 bits per heavy atom. The van der Waals surface area contributed by atoms with Crippen molar-refractivity contribution >= 4 is 11.8 Å². The summed E-state index contributed by atoms with van der Waals surface area (Å²) in [7, 11) is 1.56. The summed E-state index contributed by atoms with van der Waals surface area (Å²) in [6, 6.07) is 3.22. The second-order valence-electron chi connectivity index (χ2n) is 6.02. The molecule has 0 aliphatic carbocycles. The Kier molecular flexibility index (Phi) is 6.73. The van der Waals surface area contributed by atoms with E-state index < -0.39 is 11.7 Å². The number of aromatic nitrogens is 1. The summed E-state index contributed by atoms with van der Waals surface area (Å²) < 4.78 is 10.4. The highest BCUT2D eigenvalue weighted by molar-refractivity contribution is 5.87. The number of nitrogens with two attached hydrogens (primary N) is 2. The highest BCUT2D eigenvalue weighted by Gasteiger charge is 2.25. The lowest BCUT2D eigenvalue weighted by molar-refractivity contribution is 0.0573. The van der Waals surface area contributed by atoms with E-state index in [1.807, 2.05) is 20.8 Å². The molecule has 0 saturated heterocycles. The maximum Gasteiger partial charge on any atom is 0.414 e. The van der Waals surface area contributed by atoms with E-state index in [1.54, 1.807) is 25.4 Å². The van der Waals surface area contributed by atoms with E-state index in [0.29, 0.717) is 18.8 Å². The molecule has 22 heavy (non-hydrogen) atoms. The van der Waals surface area contributed by atoms with Crippen LogP contribution in [0.2, 0.25) is 0 Å². The average Bonchev–Trinajstić information content (AvgIpc) is 2.43. The van der Waals surface area contributed by atoms with Gasteiger partial charge in [0.05, 0.1) is 24.2 Å². The van der Waals surface area contributed by atoms with Crippen LogP contribution < -0.4 is 16.4 Å². The third-order valence-corrected chi connectivity index (χ3v) is 2.74. The van der Waals surface area contributed by atoms with Gasteiger partial charge in [0.15, 0.2) is 0 Å². The molecule has 1 amide bonds. The molecule has 7 nitrogen and oxygen atoms in total. The van der Waals surface area contributed by atoms with Crippen LogP contribution in [0.3, 0.4) is 0 Å². The van der Waals surface area contributed by atoms with Gasteiger partial charge in [0.1, 0.15) is 5.60 Å². The van der Waals surface area contributed by atoms with Crippen LogP contribution in [0.15, 0.2) is 18.3 Å². The molecule has 0 fully saturated rings. The molecule has 1 aromatic heterocycles. The van der Waals surface area contributed by atoms with E-state index in [4.69, 9.17) is 20.9 Å². The van der Waals surface area contributed by atoms with Crippen LogP contribution in [0.5, 0.6) is 0 Å². The first-order valence-electron chi connectivity index (χ1n) is 7.17. The van der Waals surface area contributed by atoms with Crippen LogP contribution in [-0.2, 0) is 16.0 Å². The van der Waals surface area contributed by atoms with Crippen molar-refractivity contribution in [3.05, 3.63) is 24.0 Å². The van der Waals surface area contributed by atoms with E-state index in [0.717, 1.165) is 5.69 Å². The van der Waals surface area contributed by atoms with Crippen LogP contribution in [0.25, 0.3) is 0 Å². The average molecular weight is 310 g/mol. The Hall–Kier alpha value is -1.70. The Morgan fingerprint density at radius 3 is 2.55 bits per heavy atom. The third kappa shape index (κ3) is 5.97. The summed E-state index contributed by atoms with van der Waals surface area (Å²) in [4.78, 5) is 18.1. The predicted molar refractivity (Wildman–Crippen MR) is 85.6 cm³/mol. The monoisotopic (exact) mass is 310 g/mol. The molecule has 0 saturated carbocycles. The molecule has 124 valence electrons. The van der Waals surface area contributed by atoms with Crippen molar-refractivity contribution in [2.45, 2.75) is 39.0 Å². The van der Waals surface area contributed by atoms with Gasteiger partial charge in [-0.25, -0.2) is 4.79 Å². The number of anilines is 1. The van der Waals surface area contributed by atoms with Gasteiger partial charge >= 0.3 is 6.09 Å². The van der Waals surface area contributed by atoms with Crippen molar-refractivity contribution in [3.63, 3.8) is 0 Å². The van der Waals surface area contributed by atoms with Crippen LogP contribution in [0.4, 0.5) is 10.5 Å². The number of rotatable bonds is 6. The molecule has 0 radical (unpaired) electrons. The molecule has 4 N–H and O–H groups in total. The number of methoxy groups -OCH3 is 1. The van der Waals surface area contributed by atoms with Gasteiger partial charge in [-0.15, -0.1) is 0 Å². The topological polar surface area (TPSA) is 104 Å². The molecule has 1 atom stereocenters. The van der Waals surface area contributed by atoms with Crippen molar-refractivity contribution in [3.8, 4) is 0 Å². The van der Waals surface area contributed by atoms with Crippen molar-refractivity contribution in [2.24, 2.45) is 11.5 Å². The first kappa shape index (κ1) is 18.3. The van der Waals surface area contributed by atoms with Gasteiger partial charge < -0.3 is 20.9 Å². The minimum atomic E-state index is -0.592. The van der Waals surface area contributed by atoms with Gasteiger partial charge in [-0.3, -0.25) is 9.88 Å². The Bertz CT molecular complexity index is 471. The van der Waals surface area contributed by atoms with E-state index in [2.05, 4.69) is 4.98 Å². The minimum Gasteiger partial charge on any atom is -0.443 e. The third-order valence-electron chi connectivity index (χ3n) is 2.74. The van der Waals surface area contributed by atoms with Crippen LogP contribution in [0.1, 0.15) is 26.5 Å². The fourth-order valence-corrected chi connectivity index (χ4v) is 1.80. The van der Waals surface area contributed by atoms with Crippen molar-refractivity contribution in [1.82, 2.24) is 4.98 Å². The second-order valence-corrected chi connectivity index (χ2v) is 6.02. The molecule has 0 aliphatic heterocycles. The molecule has 1 aromatic rings. The quantitative estimate of drug-likeness (QED) is 0.819. The molecule has 7 heteroatoms. The lowest BCUT2D eigenvalue weighted by Gasteiger charge is -2.29. The highest BCUT2D eigenvalue weighted by Crippen LogP contribution is 2.18. The first-order chi connectivity index (χ1) is 10.3. The molecule has 1 unspecified atom stereocenters. The van der Waals surface area contributed by atoms with E-state index in [1.165, 1.54) is 4.90 Å². The summed E-state index contributed by atoms with van der Waals surface area (Å²) in [5, 5.41) is 0. The highest BCUT2D eigenvalue weighted by atomic mass is 16.6. The van der Waals surface area contributed by atoms with Crippen LogP contribution >= 0.6 is 0 Å². The van der Waals surface area contributed by atoms with Gasteiger partial charge in [-0.05, 0) is 32.9 Å². The van der Waals surface area contributed by atoms with E-state index >= 15 is 0 Å². The Labute approximate surface area is 131 Å². The molecule has 0 aliphatic rings. The number of ether oxygens (including phenoxy) is 2. The molecule has 0 spiro atoms. The van der Waals surface area contributed by atoms with E-state index in [-0.39, 0.29) is 12.6 Å². The summed E-state index contributed by atoms with van der Waals surface area (Å²) in [6.45, 7) is 6.39. The smallest absolute Gasteiger partial charge is 0.414 e. The summed E-state index contributed by atoms with van der Waals surface area (Å²) >= 11 is 0. The van der Waals surface area contributed by atoms with Gasteiger partial charge in [-0.1, -0.05) is 0 Å². The number of pyridine rings is 1. The second kappa shape index (κ2) is 8.07. The van der Waals surface area contributed by atoms with Gasteiger partial charge in [-0.2, -0.15) is 0 Å². The summed E-state index contributed by atoms with van der Waals surface area (Å²) in [5.41, 5.74) is 12.3. The lowest BCUT2D eigenvalue weighted by atomic mass is 10.2. The molecule has 0 bridgehead atoms. The maximum absolute atomic E-state index is 12.4. The Morgan fingerprint density at radius 1 is 1.41 bits per heavy atom. The van der Waals surface area contributed by atoms with Crippen LogP contribution in [0, 0.1) is 0 Å². The lowest BCUT2D eigenvalue weighted by Crippen LogP contribution is -2.45. The minimum absolute atomic E-state index is 0.270. The first-order valence-corrected chi connectivity index (χ1v) is 7.17. The predicted octanol–water partition coefficient (Wildman–Crippen LogP) is 1.26. The maximum atomic E-state index is 12.4. The number of hydrogen-bond donors (Lipinski definition) is 2. The van der Waals surface area contributed by atoms with Crippen LogP contribution in [-0.4, -0.2) is 43.0 Å². The van der Waals surface area contributed by atoms with Gasteiger partial charge in [0.25, 0.3) is 0 Å². The number of carbonyl (C=O) groups excluding carboxylic acids is 1. The summed E-state index contributed by atoms with van der Waals surface area (Å²) in [6.07, 6.45) is 1.12. The SMILES string of the molecule is COCC(N)CN(C(=O)OC(C)(C)C)c1ccc(CN)nc1. The van der Waals surface area contributed by atoms with Crippen molar-refractivity contribution < 1.29 is 14.3 Å². The van der Waals surface area contributed by atoms with Gasteiger partial charge in [0.2, 0.25) is 0 Å². The number of hydrogen-bond acceptors (Lipinski definition) is 6. The fourth-order valence-electron chi connectivity index (χ4n) is 1.80. The standard InChI is InChI=1S/C15H26N4O3/c1-15(2,3)22-14(20)19(9-11(17)10-21-4)13-6-5-12(7-16)18-8-13/h5-6,8,11H,7,9-10,16-17H2,1-4H3. The number of amides is 1. The van der Waals surface area contributed by atoms with E-state index in [9.17, 15) is 4.79 Å². The molecular formula is C15H26N4O3. The largest absolute Gasteiger partial charge is 0.443 e. The molecule has 1 rings (SSSR count). The summed E-state index contributed by atoms with van der Waals surface area (Å²) in [5.74, 6) is 0. The van der Waals surface area contributed by atoms with Crippen molar-refractivity contribution in [2.75, 3.05) is 25.2 Å². The Balaban J connectivity index is 2.96.